The number of hydrogen-bond donors (Lipinski definition) is 0. The van der Waals surface area contributed by atoms with Crippen LogP contribution >= 0.6 is 0 Å². The van der Waals surface area contributed by atoms with E-state index in [1.807, 2.05) is 42.5 Å². The summed E-state index contributed by atoms with van der Waals surface area (Å²) < 4.78 is 10.8. The molecular weight excluding hydrogens is 204 g/mol. The third-order valence-electron chi connectivity index (χ3n) is 2.35. The first-order chi connectivity index (χ1) is 7.74. The Morgan fingerprint density at radius 2 is 1.88 bits per heavy atom. The molecule has 0 bridgehead atoms. The van der Waals surface area contributed by atoms with Crippen molar-refractivity contribution in [2.24, 2.45) is 0 Å². The molecule has 2 rings (SSSR count). The summed E-state index contributed by atoms with van der Waals surface area (Å²) in [6.45, 7) is 1.42. The van der Waals surface area contributed by atoms with E-state index >= 15 is 0 Å². The number of para-hydroxylation sites is 1. The molecule has 1 aliphatic carbocycles. The minimum Gasteiger partial charge on any atom is -0.486 e. The van der Waals surface area contributed by atoms with Gasteiger partial charge in [-0.2, -0.15) is 0 Å². The van der Waals surface area contributed by atoms with Crippen molar-refractivity contribution in [3.8, 4) is 5.75 Å². The van der Waals surface area contributed by atoms with Gasteiger partial charge in [0.25, 0.3) is 0 Å². The summed E-state index contributed by atoms with van der Waals surface area (Å²) in [7, 11) is 0. The lowest BCUT2D eigenvalue weighted by molar-refractivity contribution is -0.144. The SMILES string of the molecule is CC(=O)O[C@H]1C=C[C@@H](Oc2ccccc2)C1. The second-order valence-corrected chi connectivity index (χ2v) is 3.74. The predicted molar refractivity (Wildman–Crippen MR) is 60.2 cm³/mol. The summed E-state index contributed by atoms with van der Waals surface area (Å²) in [5, 5.41) is 0. The van der Waals surface area contributed by atoms with Crippen molar-refractivity contribution in [2.75, 3.05) is 0 Å². The van der Waals surface area contributed by atoms with Crippen LogP contribution in [-0.4, -0.2) is 18.2 Å². The molecule has 0 amide bonds. The van der Waals surface area contributed by atoms with Gasteiger partial charge in [-0.15, -0.1) is 0 Å². The Kier molecular flexibility index (Phi) is 3.25. The van der Waals surface area contributed by atoms with Crippen molar-refractivity contribution in [3.63, 3.8) is 0 Å². The van der Waals surface area contributed by atoms with E-state index in [1.165, 1.54) is 6.92 Å². The second-order valence-electron chi connectivity index (χ2n) is 3.74. The van der Waals surface area contributed by atoms with Crippen molar-refractivity contribution in [2.45, 2.75) is 25.6 Å². The Bertz CT molecular complexity index is 383. The Labute approximate surface area is 94.7 Å². The molecule has 0 aromatic heterocycles. The molecule has 1 aliphatic rings. The Hall–Kier alpha value is -1.77. The molecule has 16 heavy (non-hydrogen) atoms. The molecule has 1 aromatic rings. The molecule has 0 saturated heterocycles. The van der Waals surface area contributed by atoms with Crippen molar-refractivity contribution in [1.82, 2.24) is 0 Å². The van der Waals surface area contributed by atoms with Crippen LogP contribution in [0, 0.1) is 0 Å². The molecule has 0 unspecified atom stereocenters. The lowest BCUT2D eigenvalue weighted by Gasteiger charge is -2.14. The third kappa shape index (κ3) is 2.86. The first kappa shape index (κ1) is 10.7. The summed E-state index contributed by atoms with van der Waals surface area (Å²) in [6.07, 6.45) is 4.34. The van der Waals surface area contributed by atoms with E-state index in [2.05, 4.69) is 0 Å². The number of carbonyl (C=O) groups excluding carboxylic acids is 1. The zero-order chi connectivity index (χ0) is 11.4. The topological polar surface area (TPSA) is 35.5 Å². The van der Waals surface area contributed by atoms with Gasteiger partial charge in [0.05, 0.1) is 0 Å². The highest BCUT2D eigenvalue weighted by atomic mass is 16.5. The molecular formula is C13H14O3. The van der Waals surface area contributed by atoms with Crippen LogP contribution in [0.1, 0.15) is 13.3 Å². The molecule has 0 N–H and O–H groups in total. The number of benzene rings is 1. The molecule has 0 fully saturated rings. The Morgan fingerprint density at radius 1 is 1.19 bits per heavy atom. The number of esters is 1. The van der Waals surface area contributed by atoms with Crippen LogP contribution in [0.4, 0.5) is 0 Å². The van der Waals surface area contributed by atoms with E-state index in [1.54, 1.807) is 0 Å². The van der Waals surface area contributed by atoms with Crippen LogP contribution in [0.15, 0.2) is 42.5 Å². The van der Waals surface area contributed by atoms with Crippen LogP contribution in [-0.2, 0) is 9.53 Å². The van der Waals surface area contributed by atoms with Crippen LogP contribution in [0.2, 0.25) is 0 Å². The molecule has 0 aliphatic heterocycles. The lowest BCUT2D eigenvalue weighted by atomic mass is 10.2. The molecule has 0 spiro atoms. The Balaban J connectivity index is 1.86. The standard InChI is InChI=1S/C13H14O3/c1-10(14)15-12-7-8-13(9-12)16-11-5-3-2-4-6-11/h2-8,12-13H,9H2,1H3/t12-,13+/m0/s1. The van der Waals surface area contributed by atoms with E-state index in [9.17, 15) is 4.79 Å². The minimum atomic E-state index is -0.255. The van der Waals surface area contributed by atoms with Crippen molar-refractivity contribution < 1.29 is 14.3 Å². The lowest BCUT2D eigenvalue weighted by Crippen LogP contribution is -2.18. The monoisotopic (exact) mass is 218 g/mol. The van der Waals surface area contributed by atoms with Crippen LogP contribution in [0.5, 0.6) is 5.75 Å². The Morgan fingerprint density at radius 3 is 2.56 bits per heavy atom. The zero-order valence-electron chi connectivity index (χ0n) is 9.13. The third-order valence-corrected chi connectivity index (χ3v) is 2.35. The zero-order valence-corrected chi connectivity index (χ0v) is 9.13. The summed E-state index contributed by atoms with van der Waals surface area (Å²) in [6, 6.07) is 9.62. The maximum absolute atomic E-state index is 10.8. The van der Waals surface area contributed by atoms with E-state index in [4.69, 9.17) is 9.47 Å². The molecule has 0 radical (unpaired) electrons. The van der Waals surface area contributed by atoms with Gasteiger partial charge in [0.1, 0.15) is 18.0 Å². The van der Waals surface area contributed by atoms with Crippen LogP contribution in [0.3, 0.4) is 0 Å². The molecule has 84 valence electrons. The minimum absolute atomic E-state index is 0.00764. The summed E-state index contributed by atoms with van der Waals surface area (Å²) in [4.78, 5) is 10.8. The summed E-state index contributed by atoms with van der Waals surface area (Å²) >= 11 is 0. The quantitative estimate of drug-likeness (QED) is 0.577. The average Bonchev–Trinajstić information content (AvgIpc) is 2.66. The van der Waals surface area contributed by atoms with Gasteiger partial charge >= 0.3 is 5.97 Å². The second kappa shape index (κ2) is 4.84. The number of hydrogen-bond acceptors (Lipinski definition) is 3. The van der Waals surface area contributed by atoms with Gasteiger partial charge in [0, 0.05) is 13.3 Å². The maximum atomic E-state index is 10.8. The van der Waals surface area contributed by atoms with E-state index in [-0.39, 0.29) is 18.2 Å². The average molecular weight is 218 g/mol. The van der Waals surface area contributed by atoms with E-state index in [0.29, 0.717) is 6.42 Å². The van der Waals surface area contributed by atoms with Gasteiger partial charge in [0.15, 0.2) is 0 Å². The van der Waals surface area contributed by atoms with Crippen LogP contribution < -0.4 is 4.74 Å². The van der Waals surface area contributed by atoms with Crippen LogP contribution in [0.25, 0.3) is 0 Å². The fourth-order valence-corrected chi connectivity index (χ4v) is 1.70. The number of carbonyl (C=O) groups is 1. The highest BCUT2D eigenvalue weighted by Gasteiger charge is 2.22. The maximum Gasteiger partial charge on any atom is 0.303 e. The first-order valence-corrected chi connectivity index (χ1v) is 5.31. The van der Waals surface area contributed by atoms with Crippen molar-refractivity contribution >= 4 is 5.97 Å². The molecule has 2 atom stereocenters. The van der Waals surface area contributed by atoms with Gasteiger partial charge in [-0.05, 0) is 24.3 Å². The smallest absolute Gasteiger partial charge is 0.303 e. The molecule has 1 aromatic carbocycles. The predicted octanol–water partition coefficient (Wildman–Crippen LogP) is 2.33. The van der Waals surface area contributed by atoms with Gasteiger partial charge in [-0.3, -0.25) is 4.79 Å². The van der Waals surface area contributed by atoms with Crippen molar-refractivity contribution in [1.29, 1.82) is 0 Å². The van der Waals surface area contributed by atoms with Crippen molar-refractivity contribution in [3.05, 3.63) is 42.5 Å². The van der Waals surface area contributed by atoms with Gasteiger partial charge in [0.2, 0.25) is 0 Å². The summed E-state index contributed by atoms with van der Waals surface area (Å²) in [5.41, 5.74) is 0. The van der Waals surface area contributed by atoms with Gasteiger partial charge < -0.3 is 9.47 Å². The summed E-state index contributed by atoms with van der Waals surface area (Å²) in [5.74, 6) is 0.579. The first-order valence-electron chi connectivity index (χ1n) is 5.31. The fourth-order valence-electron chi connectivity index (χ4n) is 1.70. The highest BCUT2D eigenvalue weighted by molar-refractivity contribution is 5.66. The fraction of sp³-hybridized carbons (Fsp3) is 0.308. The molecule has 3 nitrogen and oxygen atoms in total. The number of ether oxygens (including phenoxy) is 2. The molecule has 0 saturated carbocycles. The number of rotatable bonds is 3. The highest BCUT2D eigenvalue weighted by Crippen LogP contribution is 2.20. The van der Waals surface area contributed by atoms with Gasteiger partial charge in [-0.1, -0.05) is 18.2 Å². The molecule has 3 heteroatoms. The van der Waals surface area contributed by atoms with E-state index in [0.717, 1.165) is 5.75 Å². The normalized spacial score (nSPS) is 23.1. The molecule has 0 heterocycles. The largest absolute Gasteiger partial charge is 0.486 e. The van der Waals surface area contributed by atoms with E-state index < -0.39 is 0 Å². The van der Waals surface area contributed by atoms with Gasteiger partial charge in [-0.25, -0.2) is 0 Å².